The molecule has 0 saturated carbocycles. The maximum absolute atomic E-state index is 9.78. The van der Waals surface area contributed by atoms with Crippen molar-refractivity contribution in [3.63, 3.8) is 0 Å². The second-order valence-corrected chi connectivity index (χ2v) is 7.81. The summed E-state index contributed by atoms with van der Waals surface area (Å²) < 4.78 is 12.3. The molecule has 5 aromatic carbocycles. The maximum Gasteiger partial charge on any atom is 0.136 e. The van der Waals surface area contributed by atoms with Crippen LogP contribution in [-0.4, -0.2) is 22.4 Å². The minimum atomic E-state index is 0.238. The molecule has 7 aromatic rings. The van der Waals surface area contributed by atoms with Crippen LogP contribution in [0.4, 0.5) is 0 Å². The summed E-state index contributed by atoms with van der Waals surface area (Å²) >= 11 is 0. The lowest BCUT2D eigenvalue weighted by atomic mass is 10.0. The van der Waals surface area contributed by atoms with E-state index in [-0.39, 0.29) is 11.5 Å². The fraction of sp³-hybridized carbons (Fsp3) is 0.0370. The minimum Gasteiger partial charge on any atom is -0.508 e. The van der Waals surface area contributed by atoms with E-state index in [1.807, 2.05) is 36.4 Å². The van der Waals surface area contributed by atoms with E-state index in [2.05, 4.69) is 12.1 Å². The smallest absolute Gasteiger partial charge is 0.136 e. The van der Waals surface area contributed by atoms with E-state index in [4.69, 9.17) is 13.9 Å². The molecule has 0 radical (unpaired) electrons. The van der Waals surface area contributed by atoms with Gasteiger partial charge < -0.3 is 24.2 Å². The molecule has 0 saturated heterocycles. The molecule has 32 heavy (non-hydrogen) atoms. The Morgan fingerprint density at radius 1 is 0.438 bits per heavy atom. The van der Waals surface area contributed by atoms with Crippen LogP contribution >= 0.6 is 0 Å². The Balaban J connectivity index is 0.000000953. The predicted molar refractivity (Wildman–Crippen MR) is 127 cm³/mol. The molecule has 2 aromatic heterocycles. The highest BCUT2D eigenvalue weighted by molar-refractivity contribution is 6.18. The van der Waals surface area contributed by atoms with E-state index in [9.17, 15) is 10.2 Å². The number of hydrogen-bond acceptors (Lipinski definition) is 5. The molecule has 3 N–H and O–H groups in total. The number of aliphatic hydroxyl groups is 1. The Labute approximate surface area is 181 Å². The summed E-state index contributed by atoms with van der Waals surface area (Å²) in [6.07, 6.45) is 0. The van der Waals surface area contributed by atoms with Crippen LogP contribution in [0.15, 0.2) is 81.6 Å². The number of hydrogen-bond donors (Lipinski definition) is 3. The van der Waals surface area contributed by atoms with Gasteiger partial charge in [-0.2, -0.15) is 0 Å². The van der Waals surface area contributed by atoms with Crippen molar-refractivity contribution in [1.82, 2.24) is 0 Å². The van der Waals surface area contributed by atoms with Crippen LogP contribution in [0.5, 0.6) is 11.5 Å². The zero-order valence-electron chi connectivity index (χ0n) is 17.1. The summed E-state index contributed by atoms with van der Waals surface area (Å²) in [5, 5.41) is 34.5. The first-order chi connectivity index (χ1) is 15.6. The van der Waals surface area contributed by atoms with Crippen molar-refractivity contribution < 1.29 is 24.2 Å². The molecule has 5 nitrogen and oxygen atoms in total. The normalized spacial score (nSPS) is 11.7. The van der Waals surface area contributed by atoms with Crippen LogP contribution in [-0.2, 0) is 0 Å². The fourth-order valence-corrected chi connectivity index (χ4v) is 4.50. The van der Waals surface area contributed by atoms with Gasteiger partial charge in [-0.1, -0.05) is 12.1 Å². The Morgan fingerprint density at radius 2 is 0.812 bits per heavy atom. The lowest BCUT2D eigenvalue weighted by Gasteiger charge is -1.99. The minimum absolute atomic E-state index is 0.238. The molecule has 0 aliphatic rings. The van der Waals surface area contributed by atoms with Crippen molar-refractivity contribution in [3.8, 4) is 11.5 Å². The summed E-state index contributed by atoms with van der Waals surface area (Å²) in [6, 6.07) is 22.8. The second-order valence-electron chi connectivity index (χ2n) is 7.81. The highest BCUT2D eigenvalue weighted by atomic mass is 16.3. The molecule has 0 aliphatic heterocycles. The first-order valence-corrected chi connectivity index (χ1v) is 10.2. The van der Waals surface area contributed by atoms with Gasteiger partial charge in [-0.25, -0.2) is 0 Å². The van der Waals surface area contributed by atoms with E-state index >= 15 is 0 Å². The number of benzene rings is 5. The molecule has 0 spiro atoms. The van der Waals surface area contributed by atoms with Crippen LogP contribution in [0.1, 0.15) is 0 Å². The number of phenols is 2. The lowest BCUT2D eigenvalue weighted by molar-refractivity contribution is 0.399. The van der Waals surface area contributed by atoms with Crippen LogP contribution < -0.4 is 0 Å². The zero-order chi connectivity index (χ0) is 22.0. The molecule has 0 atom stereocenters. The highest BCUT2D eigenvalue weighted by Gasteiger charge is 2.15. The van der Waals surface area contributed by atoms with Crippen LogP contribution in [0.3, 0.4) is 0 Å². The average molecular weight is 422 g/mol. The standard InChI is InChI=1S/C26H14O4.CH4O/c27-17-3-1-13-7-19-21-11-26-22(12-25(21)29-23(19)9-15(13)5-17)20-8-14-2-4-18(28)6-16(14)10-24(20)30-26;1-2/h1-12,27-28H;2H,1H3. The molecule has 0 unspecified atom stereocenters. The maximum atomic E-state index is 9.78. The lowest BCUT2D eigenvalue weighted by Crippen LogP contribution is -1.74. The quantitative estimate of drug-likeness (QED) is 0.250. The van der Waals surface area contributed by atoms with Gasteiger partial charge in [0.25, 0.3) is 0 Å². The number of rotatable bonds is 0. The number of aromatic hydroxyl groups is 2. The number of aliphatic hydroxyl groups excluding tert-OH is 1. The van der Waals surface area contributed by atoms with Gasteiger partial charge in [0.2, 0.25) is 0 Å². The molecule has 5 heteroatoms. The molecule has 0 fully saturated rings. The molecule has 0 aliphatic carbocycles. The molecular weight excluding hydrogens is 404 g/mol. The molecule has 0 amide bonds. The summed E-state index contributed by atoms with van der Waals surface area (Å²) in [5.74, 6) is 0.477. The van der Waals surface area contributed by atoms with Gasteiger partial charge in [0.1, 0.15) is 33.8 Å². The third-order valence-electron chi connectivity index (χ3n) is 5.95. The van der Waals surface area contributed by atoms with Gasteiger partial charge >= 0.3 is 0 Å². The van der Waals surface area contributed by atoms with Crippen LogP contribution in [0.25, 0.3) is 65.4 Å². The Morgan fingerprint density at radius 3 is 1.25 bits per heavy atom. The van der Waals surface area contributed by atoms with Gasteiger partial charge in [-0.15, -0.1) is 0 Å². The summed E-state index contributed by atoms with van der Waals surface area (Å²) in [4.78, 5) is 0. The number of furan rings is 2. The third kappa shape index (κ3) is 2.62. The van der Waals surface area contributed by atoms with E-state index < -0.39 is 0 Å². The molecule has 7 rings (SSSR count). The van der Waals surface area contributed by atoms with Gasteiger partial charge in [-0.3, -0.25) is 0 Å². The third-order valence-corrected chi connectivity index (χ3v) is 5.95. The number of fused-ring (bicyclic) bond motifs is 8. The summed E-state index contributed by atoms with van der Waals surface area (Å²) in [7, 11) is 1.00. The van der Waals surface area contributed by atoms with Crippen molar-refractivity contribution in [2.75, 3.05) is 7.11 Å². The topological polar surface area (TPSA) is 87.0 Å². The summed E-state index contributed by atoms with van der Waals surface area (Å²) in [5.41, 5.74) is 3.15. The van der Waals surface area contributed by atoms with E-state index in [1.165, 1.54) is 0 Å². The second kappa shape index (κ2) is 6.64. The van der Waals surface area contributed by atoms with Crippen molar-refractivity contribution in [1.29, 1.82) is 0 Å². The molecule has 2 heterocycles. The van der Waals surface area contributed by atoms with Crippen molar-refractivity contribution >= 4 is 65.4 Å². The number of phenolic OH excluding ortho intramolecular Hbond substituents is 2. The molecular formula is C27H18O5. The van der Waals surface area contributed by atoms with E-state index in [0.717, 1.165) is 72.5 Å². The van der Waals surface area contributed by atoms with Gasteiger partial charge in [0, 0.05) is 28.7 Å². The summed E-state index contributed by atoms with van der Waals surface area (Å²) in [6.45, 7) is 0. The van der Waals surface area contributed by atoms with Crippen LogP contribution in [0, 0.1) is 0 Å². The first-order valence-electron chi connectivity index (χ1n) is 10.2. The van der Waals surface area contributed by atoms with E-state index in [0.29, 0.717) is 0 Å². The largest absolute Gasteiger partial charge is 0.508 e. The zero-order valence-corrected chi connectivity index (χ0v) is 17.1. The van der Waals surface area contributed by atoms with Crippen molar-refractivity contribution in [2.45, 2.75) is 0 Å². The van der Waals surface area contributed by atoms with Gasteiger partial charge in [0.05, 0.1) is 0 Å². The molecule has 156 valence electrons. The Bertz CT molecular complexity index is 1690. The van der Waals surface area contributed by atoms with Gasteiger partial charge in [0.15, 0.2) is 0 Å². The van der Waals surface area contributed by atoms with Gasteiger partial charge in [-0.05, 0) is 82.2 Å². The molecule has 0 bridgehead atoms. The van der Waals surface area contributed by atoms with Crippen molar-refractivity contribution in [2.24, 2.45) is 0 Å². The van der Waals surface area contributed by atoms with Crippen molar-refractivity contribution in [3.05, 3.63) is 72.8 Å². The average Bonchev–Trinajstić information content (AvgIpc) is 3.32. The van der Waals surface area contributed by atoms with E-state index in [1.54, 1.807) is 24.3 Å². The predicted octanol–water partition coefficient (Wildman–Crippen LogP) is 6.81. The fourth-order valence-electron chi connectivity index (χ4n) is 4.50. The Kier molecular flexibility index (Phi) is 3.85. The Hall–Kier alpha value is -4.22. The highest BCUT2D eigenvalue weighted by Crippen LogP contribution is 2.39. The SMILES string of the molecule is CO.Oc1ccc2cc3c(cc2c1)oc1cc2c(cc13)oc1cc3cc(O)ccc3cc12. The first kappa shape index (κ1) is 18.5. The monoisotopic (exact) mass is 422 g/mol. The van der Waals surface area contributed by atoms with Crippen LogP contribution in [0.2, 0.25) is 0 Å².